The Balaban J connectivity index is 1.68. The Morgan fingerprint density at radius 1 is 1.35 bits per heavy atom. The number of esters is 1. The molecule has 0 aliphatic carbocycles. The zero-order chi connectivity index (χ0) is 14.4. The summed E-state index contributed by atoms with van der Waals surface area (Å²) in [4.78, 5) is 16.8. The summed E-state index contributed by atoms with van der Waals surface area (Å²) in [5, 5.41) is 0. The van der Waals surface area contributed by atoms with Gasteiger partial charge >= 0.3 is 5.97 Å². The van der Waals surface area contributed by atoms with Gasteiger partial charge in [0.1, 0.15) is 5.75 Å². The minimum absolute atomic E-state index is 0.0801. The van der Waals surface area contributed by atoms with Crippen LogP contribution in [-0.4, -0.2) is 24.2 Å². The highest BCUT2D eigenvalue weighted by atomic mass is 79.9. The third-order valence-corrected chi connectivity index (χ3v) is 4.13. The standard InChI is InChI=1S/C14H14BrNO3S/c1-10-13(20-9-16-10)6-7-18-14(17)8-19-12-4-2-11(15)3-5-12/h2-5,9H,6-8H2,1H3. The van der Waals surface area contributed by atoms with Crippen LogP contribution in [0.1, 0.15) is 10.6 Å². The molecule has 6 heteroatoms. The van der Waals surface area contributed by atoms with E-state index >= 15 is 0 Å². The van der Waals surface area contributed by atoms with Gasteiger partial charge in [-0.2, -0.15) is 0 Å². The molecule has 0 fully saturated rings. The topological polar surface area (TPSA) is 48.4 Å². The first-order valence-corrected chi connectivity index (χ1v) is 7.75. The maximum Gasteiger partial charge on any atom is 0.344 e. The lowest BCUT2D eigenvalue weighted by Gasteiger charge is -2.06. The monoisotopic (exact) mass is 355 g/mol. The molecular formula is C14H14BrNO3S. The van der Waals surface area contributed by atoms with Gasteiger partial charge in [0.2, 0.25) is 0 Å². The van der Waals surface area contributed by atoms with Gasteiger partial charge in [0, 0.05) is 15.8 Å². The van der Waals surface area contributed by atoms with Crippen molar-refractivity contribution in [2.75, 3.05) is 13.2 Å². The number of aromatic nitrogens is 1. The molecule has 4 nitrogen and oxygen atoms in total. The normalized spacial score (nSPS) is 10.3. The van der Waals surface area contributed by atoms with Crippen molar-refractivity contribution >= 4 is 33.2 Å². The number of nitrogens with zero attached hydrogens (tertiary/aromatic N) is 1. The van der Waals surface area contributed by atoms with Crippen molar-refractivity contribution in [1.29, 1.82) is 0 Å². The average Bonchev–Trinajstić information content (AvgIpc) is 2.84. The summed E-state index contributed by atoms with van der Waals surface area (Å²) >= 11 is 4.91. The van der Waals surface area contributed by atoms with E-state index in [0.29, 0.717) is 18.8 Å². The van der Waals surface area contributed by atoms with Gasteiger partial charge in [0.25, 0.3) is 0 Å². The Labute approximate surface area is 129 Å². The fourth-order valence-corrected chi connectivity index (χ4v) is 2.57. The molecule has 0 N–H and O–H groups in total. The molecular weight excluding hydrogens is 342 g/mol. The van der Waals surface area contributed by atoms with Gasteiger partial charge in [-0.3, -0.25) is 0 Å². The summed E-state index contributed by atoms with van der Waals surface area (Å²) in [7, 11) is 0. The molecule has 0 radical (unpaired) electrons. The van der Waals surface area contributed by atoms with Crippen LogP contribution in [0.4, 0.5) is 0 Å². The van der Waals surface area contributed by atoms with E-state index in [2.05, 4.69) is 20.9 Å². The van der Waals surface area contributed by atoms with Gasteiger partial charge in [-0.25, -0.2) is 9.78 Å². The fourth-order valence-electron chi connectivity index (χ4n) is 1.54. The number of rotatable bonds is 6. The van der Waals surface area contributed by atoms with Crippen molar-refractivity contribution in [2.24, 2.45) is 0 Å². The highest BCUT2D eigenvalue weighted by Crippen LogP contribution is 2.16. The number of carbonyl (C=O) groups is 1. The molecule has 2 aromatic rings. The van der Waals surface area contributed by atoms with Crippen LogP contribution >= 0.6 is 27.3 Å². The van der Waals surface area contributed by atoms with Crippen LogP contribution in [0.15, 0.2) is 34.2 Å². The molecule has 106 valence electrons. The second kappa shape index (κ2) is 7.40. The van der Waals surface area contributed by atoms with Gasteiger partial charge in [0.15, 0.2) is 6.61 Å². The van der Waals surface area contributed by atoms with Crippen LogP contribution in [0.2, 0.25) is 0 Å². The number of hydrogen-bond donors (Lipinski definition) is 0. The van der Waals surface area contributed by atoms with E-state index in [-0.39, 0.29) is 12.6 Å². The summed E-state index contributed by atoms with van der Waals surface area (Å²) in [5.41, 5.74) is 2.79. The number of aryl methyl sites for hydroxylation is 1. The van der Waals surface area contributed by atoms with Crippen molar-refractivity contribution in [2.45, 2.75) is 13.3 Å². The van der Waals surface area contributed by atoms with E-state index in [0.717, 1.165) is 15.0 Å². The number of ether oxygens (including phenoxy) is 2. The molecule has 0 saturated carbocycles. The molecule has 0 spiro atoms. The molecule has 0 saturated heterocycles. The minimum Gasteiger partial charge on any atom is -0.482 e. The largest absolute Gasteiger partial charge is 0.482 e. The van der Waals surface area contributed by atoms with Crippen LogP contribution in [0, 0.1) is 6.92 Å². The summed E-state index contributed by atoms with van der Waals surface area (Å²) in [6.07, 6.45) is 0.695. The first kappa shape index (κ1) is 15.0. The Bertz CT molecular complexity index is 568. The third-order valence-electron chi connectivity index (χ3n) is 2.61. The maximum atomic E-state index is 11.5. The smallest absolute Gasteiger partial charge is 0.344 e. The third kappa shape index (κ3) is 4.61. The molecule has 0 amide bonds. The van der Waals surface area contributed by atoms with Crippen molar-refractivity contribution in [1.82, 2.24) is 4.98 Å². The number of halogens is 1. The SMILES string of the molecule is Cc1ncsc1CCOC(=O)COc1ccc(Br)cc1. The van der Waals surface area contributed by atoms with E-state index in [1.165, 1.54) is 0 Å². The quantitative estimate of drug-likeness (QED) is 0.745. The van der Waals surface area contributed by atoms with E-state index in [4.69, 9.17) is 9.47 Å². The Hall–Kier alpha value is -1.40. The Kier molecular flexibility index (Phi) is 5.55. The van der Waals surface area contributed by atoms with Crippen LogP contribution in [0.5, 0.6) is 5.75 Å². The van der Waals surface area contributed by atoms with E-state index in [1.54, 1.807) is 29.0 Å². The Morgan fingerprint density at radius 3 is 2.75 bits per heavy atom. The highest BCUT2D eigenvalue weighted by Gasteiger charge is 2.06. The van der Waals surface area contributed by atoms with Crippen molar-refractivity contribution < 1.29 is 14.3 Å². The Morgan fingerprint density at radius 2 is 2.10 bits per heavy atom. The lowest BCUT2D eigenvalue weighted by Crippen LogP contribution is -2.16. The molecule has 1 aromatic carbocycles. The molecule has 1 heterocycles. The average molecular weight is 356 g/mol. The van der Waals surface area contributed by atoms with Crippen LogP contribution < -0.4 is 4.74 Å². The number of benzene rings is 1. The first-order valence-electron chi connectivity index (χ1n) is 6.08. The lowest BCUT2D eigenvalue weighted by atomic mass is 10.3. The second-order valence-corrected chi connectivity index (χ2v) is 5.93. The lowest BCUT2D eigenvalue weighted by molar-refractivity contribution is -0.145. The van der Waals surface area contributed by atoms with Crippen molar-refractivity contribution in [3.8, 4) is 5.75 Å². The number of hydrogen-bond acceptors (Lipinski definition) is 5. The maximum absolute atomic E-state index is 11.5. The van der Waals surface area contributed by atoms with Gasteiger partial charge in [-0.05, 0) is 31.2 Å². The highest BCUT2D eigenvalue weighted by molar-refractivity contribution is 9.10. The van der Waals surface area contributed by atoms with Crippen molar-refractivity contribution in [3.63, 3.8) is 0 Å². The number of thiazole rings is 1. The predicted molar refractivity (Wildman–Crippen MR) is 81.2 cm³/mol. The van der Waals surface area contributed by atoms with Crippen LogP contribution in [0.3, 0.4) is 0 Å². The minimum atomic E-state index is -0.366. The van der Waals surface area contributed by atoms with Crippen LogP contribution in [0.25, 0.3) is 0 Å². The summed E-state index contributed by atoms with van der Waals surface area (Å²) in [5.74, 6) is 0.276. The molecule has 0 unspecified atom stereocenters. The summed E-state index contributed by atoms with van der Waals surface area (Å²) in [6, 6.07) is 7.29. The van der Waals surface area contributed by atoms with E-state index < -0.39 is 0 Å². The zero-order valence-electron chi connectivity index (χ0n) is 11.0. The van der Waals surface area contributed by atoms with Crippen molar-refractivity contribution in [3.05, 3.63) is 44.8 Å². The molecule has 0 aliphatic rings. The van der Waals surface area contributed by atoms with Gasteiger partial charge < -0.3 is 9.47 Å². The van der Waals surface area contributed by atoms with E-state index in [1.807, 2.05) is 19.1 Å². The van der Waals surface area contributed by atoms with Gasteiger partial charge in [0.05, 0.1) is 17.8 Å². The molecule has 1 aromatic heterocycles. The molecule has 2 rings (SSSR count). The van der Waals surface area contributed by atoms with Gasteiger partial charge in [-0.15, -0.1) is 11.3 Å². The second-order valence-electron chi connectivity index (χ2n) is 4.07. The summed E-state index contributed by atoms with van der Waals surface area (Å²) < 4.78 is 11.4. The molecule has 0 aliphatic heterocycles. The molecule has 0 atom stereocenters. The predicted octanol–water partition coefficient (Wildman–Crippen LogP) is 3.38. The van der Waals surface area contributed by atoms with E-state index in [9.17, 15) is 4.79 Å². The van der Waals surface area contributed by atoms with Crippen LogP contribution in [-0.2, 0) is 16.0 Å². The van der Waals surface area contributed by atoms with Gasteiger partial charge in [-0.1, -0.05) is 15.9 Å². The first-order chi connectivity index (χ1) is 9.65. The molecule has 0 bridgehead atoms. The number of carbonyl (C=O) groups excluding carboxylic acids is 1. The summed E-state index contributed by atoms with van der Waals surface area (Å²) in [6.45, 7) is 2.22. The molecule has 20 heavy (non-hydrogen) atoms. The zero-order valence-corrected chi connectivity index (χ0v) is 13.4. The fraction of sp³-hybridized carbons (Fsp3) is 0.286.